The Bertz CT molecular complexity index is 602. The molecule has 2 rings (SSSR count). The molecule has 0 aromatic carbocycles. The Morgan fingerprint density at radius 3 is 2.62 bits per heavy atom. The maximum Gasteiger partial charge on any atom is 0.246 e. The van der Waals surface area contributed by atoms with Gasteiger partial charge < -0.3 is 20.9 Å². The summed E-state index contributed by atoms with van der Waals surface area (Å²) in [6, 6.07) is -0.635. The minimum Gasteiger partial charge on any atom is -0.350 e. The number of rotatable bonds is 9. The highest BCUT2D eigenvalue weighted by atomic mass is 16.2. The first kappa shape index (κ1) is 19.9. The van der Waals surface area contributed by atoms with Crippen molar-refractivity contribution in [2.45, 2.75) is 63.1 Å². The summed E-state index contributed by atoms with van der Waals surface area (Å²) >= 11 is 0. The molecule has 2 fully saturated rings. The SMILES string of the molecule is C=CC[C@@](C)(NC(=O)C1CCCN1C(=O)CNC=O)C(=O)NC1(C)CC1. The maximum absolute atomic E-state index is 12.8. The molecular weight excluding hydrogens is 336 g/mol. The van der Waals surface area contributed by atoms with Gasteiger partial charge in [-0.1, -0.05) is 6.08 Å². The Balaban J connectivity index is 2.05. The first-order valence-corrected chi connectivity index (χ1v) is 8.97. The van der Waals surface area contributed by atoms with E-state index in [1.54, 1.807) is 13.0 Å². The summed E-state index contributed by atoms with van der Waals surface area (Å²) in [6.45, 7) is 7.64. The predicted octanol–water partition coefficient (Wildman–Crippen LogP) is -0.157. The molecule has 0 aromatic heterocycles. The molecule has 1 aliphatic heterocycles. The summed E-state index contributed by atoms with van der Waals surface area (Å²) in [6.07, 6.45) is 5.41. The van der Waals surface area contributed by atoms with Gasteiger partial charge in [-0.3, -0.25) is 19.2 Å². The van der Waals surface area contributed by atoms with Crippen LogP contribution in [0, 0.1) is 0 Å². The fourth-order valence-corrected chi connectivity index (χ4v) is 3.14. The average Bonchev–Trinajstić information content (AvgIpc) is 3.11. The number of nitrogens with one attached hydrogen (secondary N) is 3. The van der Waals surface area contributed by atoms with Crippen LogP contribution in [-0.2, 0) is 19.2 Å². The van der Waals surface area contributed by atoms with Crippen LogP contribution in [0.25, 0.3) is 0 Å². The van der Waals surface area contributed by atoms with E-state index in [0.29, 0.717) is 25.8 Å². The van der Waals surface area contributed by atoms with Gasteiger partial charge in [0.2, 0.25) is 24.1 Å². The Kier molecular flexibility index (Phi) is 6.05. The highest BCUT2D eigenvalue weighted by molar-refractivity contribution is 5.95. The van der Waals surface area contributed by atoms with Crippen LogP contribution in [0.1, 0.15) is 46.0 Å². The first-order valence-electron chi connectivity index (χ1n) is 8.97. The van der Waals surface area contributed by atoms with Crippen molar-refractivity contribution in [3.63, 3.8) is 0 Å². The van der Waals surface area contributed by atoms with Crippen molar-refractivity contribution < 1.29 is 19.2 Å². The summed E-state index contributed by atoms with van der Waals surface area (Å²) in [4.78, 5) is 49.5. The van der Waals surface area contributed by atoms with Crippen LogP contribution in [0.4, 0.5) is 0 Å². The predicted molar refractivity (Wildman–Crippen MR) is 95.9 cm³/mol. The van der Waals surface area contributed by atoms with Gasteiger partial charge in [-0.2, -0.15) is 0 Å². The lowest BCUT2D eigenvalue weighted by atomic mass is 9.95. The van der Waals surface area contributed by atoms with Gasteiger partial charge in [0.1, 0.15) is 11.6 Å². The van der Waals surface area contributed by atoms with Crippen LogP contribution in [0.2, 0.25) is 0 Å². The van der Waals surface area contributed by atoms with Gasteiger partial charge in [-0.25, -0.2) is 0 Å². The largest absolute Gasteiger partial charge is 0.350 e. The van der Waals surface area contributed by atoms with Crippen LogP contribution in [0.3, 0.4) is 0 Å². The lowest BCUT2D eigenvalue weighted by Crippen LogP contribution is -2.61. The zero-order chi connectivity index (χ0) is 19.4. The zero-order valence-corrected chi connectivity index (χ0v) is 15.5. The molecule has 2 atom stereocenters. The van der Waals surface area contributed by atoms with Crippen LogP contribution in [-0.4, -0.2) is 59.2 Å². The molecule has 0 spiro atoms. The number of carbonyl (C=O) groups is 4. The first-order chi connectivity index (χ1) is 12.2. The average molecular weight is 364 g/mol. The fourth-order valence-electron chi connectivity index (χ4n) is 3.14. The third-order valence-electron chi connectivity index (χ3n) is 5.08. The molecule has 8 heteroatoms. The van der Waals surface area contributed by atoms with Crippen molar-refractivity contribution in [3.8, 4) is 0 Å². The standard InChI is InChI=1S/C18H28N4O4/c1-4-7-18(3,16(26)21-17(2)8-9-17)20-15(25)13-6-5-10-22(13)14(24)11-19-12-23/h4,12-13H,1,5-11H2,2-3H3,(H,19,23)(H,20,25)(H,21,26)/t13?,18-/m1/s1. The monoisotopic (exact) mass is 364 g/mol. The fraction of sp³-hybridized carbons (Fsp3) is 0.667. The number of likely N-dealkylation sites (tertiary alicyclic amines) is 1. The van der Waals surface area contributed by atoms with Crippen molar-refractivity contribution in [3.05, 3.63) is 12.7 Å². The molecule has 3 N–H and O–H groups in total. The summed E-state index contributed by atoms with van der Waals surface area (Å²) in [5.41, 5.74) is -1.32. The zero-order valence-electron chi connectivity index (χ0n) is 15.5. The van der Waals surface area contributed by atoms with Gasteiger partial charge >= 0.3 is 0 Å². The highest BCUT2D eigenvalue weighted by Crippen LogP contribution is 2.35. The molecule has 1 aliphatic carbocycles. The van der Waals surface area contributed by atoms with Gasteiger partial charge in [0, 0.05) is 12.1 Å². The summed E-state index contributed by atoms with van der Waals surface area (Å²) in [5, 5.41) is 8.13. The molecule has 8 nitrogen and oxygen atoms in total. The van der Waals surface area contributed by atoms with E-state index in [2.05, 4.69) is 22.5 Å². The van der Waals surface area contributed by atoms with Gasteiger partial charge in [-0.05, 0) is 46.0 Å². The van der Waals surface area contributed by atoms with Crippen LogP contribution >= 0.6 is 0 Å². The third-order valence-corrected chi connectivity index (χ3v) is 5.08. The molecule has 0 radical (unpaired) electrons. The molecule has 1 saturated heterocycles. The van der Waals surface area contributed by atoms with Crippen molar-refractivity contribution in [1.29, 1.82) is 0 Å². The van der Waals surface area contributed by atoms with Gasteiger partial charge in [0.25, 0.3) is 0 Å². The lowest BCUT2D eigenvalue weighted by Gasteiger charge is -2.33. The molecule has 4 amide bonds. The Labute approximate surface area is 153 Å². The molecule has 144 valence electrons. The molecule has 0 bridgehead atoms. The Morgan fingerprint density at radius 2 is 2.04 bits per heavy atom. The van der Waals surface area contributed by atoms with E-state index in [9.17, 15) is 19.2 Å². The molecule has 1 saturated carbocycles. The second-order valence-electron chi connectivity index (χ2n) is 7.57. The Hall–Kier alpha value is -2.38. The number of carbonyl (C=O) groups excluding carboxylic acids is 4. The second kappa shape index (κ2) is 7.88. The smallest absolute Gasteiger partial charge is 0.246 e. The van der Waals surface area contributed by atoms with Gasteiger partial charge in [-0.15, -0.1) is 6.58 Å². The van der Waals surface area contributed by atoms with Crippen LogP contribution in [0.15, 0.2) is 12.7 Å². The lowest BCUT2D eigenvalue weighted by molar-refractivity contribution is -0.140. The Morgan fingerprint density at radius 1 is 1.35 bits per heavy atom. The molecule has 1 heterocycles. The normalized spacial score (nSPS) is 22.7. The van der Waals surface area contributed by atoms with E-state index in [4.69, 9.17) is 0 Å². The van der Waals surface area contributed by atoms with Crippen LogP contribution in [0.5, 0.6) is 0 Å². The molecular formula is C18H28N4O4. The van der Waals surface area contributed by atoms with Crippen molar-refractivity contribution in [2.75, 3.05) is 13.1 Å². The third kappa shape index (κ3) is 4.62. The van der Waals surface area contributed by atoms with Crippen LogP contribution < -0.4 is 16.0 Å². The molecule has 26 heavy (non-hydrogen) atoms. The van der Waals surface area contributed by atoms with E-state index in [1.165, 1.54) is 4.90 Å². The quantitative estimate of drug-likeness (QED) is 0.390. The number of hydrogen-bond donors (Lipinski definition) is 3. The topological polar surface area (TPSA) is 108 Å². The second-order valence-corrected chi connectivity index (χ2v) is 7.57. The van der Waals surface area contributed by atoms with E-state index in [1.807, 2.05) is 6.92 Å². The summed E-state index contributed by atoms with van der Waals surface area (Å²) < 4.78 is 0. The summed E-state index contributed by atoms with van der Waals surface area (Å²) in [5.74, 6) is -0.915. The van der Waals surface area contributed by atoms with Crippen molar-refractivity contribution in [1.82, 2.24) is 20.9 Å². The highest BCUT2D eigenvalue weighted by Gasteiger charge is 2.45. The number of amides is 4. The van der Waals surface area contributed by atoms with Crippen molar-refractivity contribution in [2.24, 2.45) is 0 Å². The van der Waals surface area contributed by atoms with E-state index in [-0.39, 0.29) is 36.2 Å². The van der Waals surface area contributed by atoms with E-state index >= 15 is 0 Å². The number of hydrogen-bond acceptors (Lipinski definition) is 4. The molecule has 0 aromatic rings. The maximum atomic E-state index is 12.8. The van der Waals surface area contributed by atoms with E-state index in [0.717, 1.165) is 12.8 Å². The van der Waals surface area contributed by atoms with E-state index < -0.39 is 11.6 Å². The van der Waals surface area contributed by atoms with Crippen molar-refractivity contribution >= 4 is 24.1 Å². The summed E-state index contributed by atoms with van der Waals surface area (Å²) in [7, 11) is 0. The minimum atomic E-state index is -1.12. The molecule has 1 unspecified atom stereocenters. The van der Waals surface area contributed by atoms with Gasteiger partial charge in [0.15, 0.2) is 0 Å². The molecule has 2 aliphatic rings. The number of nitrogens with zero attached hydrogens (tertiary/aromatic N) is 1. The van der Waals surface area contributed by atoms with Gasteiger partial charge in [0.05, 0.1) is 6.54 Å². The minimum absolute atomic E-state index is 0.143.